The maximum Gasteiger partial charge on any atom is 0.338 e. The predicted octanol–water partition coefficient (Wildman–Crippen LogP) is 5.01. The Morgan fingerprint density at radius 3 is 2.15 bits per heavy atom. The van der Waals surface area contributed by atoms with Gasteiger partial charge in [0.2, 0.25) is 11.8 Å². The molecule has 0 radical (unpaired) electrons. The molecular formula is C23H18BrCl3N2O5. The van der Waals surface area contributed by atoms with Gasteiger partial charge in [-0.25, -0.2) is 4.79 Å². The lowest BCUT2D eigenvalue weighted by Crippen LogP contribution is -2.34. The lowest BCUT2D eigenvalue weighted by Gasteiger charge is -2.28. The van der Waals surface area contributed by atoms with Crippen LogP contribution in [-0.4, -0.2) is 41.1 Å². The normalized spacial score (nSPS) is 24.1. The number of carbonyl (C=O) groups excluding carboxylic acids is 4. The molecule has 2 aromatic rings. The smallest absolute Gasteiger partial charge is 0.338 e. The van der Waals surface area contributed by atoms with Crippen LogP contribution in [0.25, 0.3) is 0 Å². The molecule has 1 saturated heterocycles. The number of hydrogen-bond acceptors (Lipinski definition) is 5. The van der Waals surface area contributed by atoms with Crippen LogP contribution in [0.1, 0.15) is 23.2 Å². The molecule has 2 aromatic carbocycles. The van der Waals surface area contributed by atoms with Crippen LogP contribution in [0.4, 0.5) is 11.4 Å². The van der Waals surface area contributed by atoms with Crippen LogP contribution in [0.5, 0.6) is 0 Å². The maximum absolute atomic E-state index is 12.8. The first-order valence-corrected chi connectivity index (χ1v) is 12.4. The van der Waals surface area contributed by atoms with Gasteiger partial charge in [0.25, 0.3) is 5.91 Å². The van der Waals surface area contributed by atoms with Crippen LogP contribution in [0.15, 0.2) is 46.9 Å². The molecule has 34 heavy (non-hydrogen) atoms. The van der Waals surface area contributed by atoms with Crippen LogP contribution < -0.4 is 10.2 Å². The van der Waals surface area contributed by atoms with E-state index in [1.165, 1.54) is 24.3 Å². The Labute approximate surface area is 218 Å². The van der Waals surface area contributed by atoms with E-state index >= 15 is 0 Å². The molecule has 1 aliphatic heterocycles. The molecule has 2 aliphatic rings. The number of alkyl halides is 2. The van der Waals surface area contributed by atoms with E-state index in [0.29, 0.717) is 33.7 Å². The molecule has 0 spiro atoms. The van der Waals surface area contributed by atoms with Gasteiger partial charge in [-0.1, -0.05) is 11.6 Å². The van der Waals surface area contributed by atoms with Crippen molar-refractivity contribution < 1.29 is 23.9 Å². The van der Waals surface area contributed by atoms with Gasteiger partial charge in [0.15, 0.2) is 6.61 Å². The summed E-state index contributed by atoms with van der Waals surface area (Å²) in [6, 6.07) is 10.7. The van der Waals surface area contributed by atoms with Crippen molar-refractivity contribution in [2.75, 3.05) is 16.8 Å². The zero-order valence-corrected chi connectivity index (χ0v) is 21.3. The van der Waals surface area contributed by atoms with Crippen molar-refractivity contribution in [3.63, 3.8) is 0 Å². The zero-order valence-electron chi connectivity index (χ0n) is 17.5. The highest BCUT2D eigenvalue weighted by Gasteiger charge is 2.52. The quantitative estimate of drug-likeness (QED) is 0.301. The van der Waals surface area contributed by atoms with E-state index in [2.05, 4.69) is 21.2 Å². The van der Waals surface area contributed by atoms with Gasteiger partial charge in [-0.3, -0.25) is 19.3 Å². The molecule has 0 aromatic heterocycles. The van der Waals surface area contributed by atoms with Crippen molar-refractivity contribution in [1.82, 2.24) is 0 Å². The second-order valence-corrected chi connectivity index (χ2v) is 10.4. The van der Waals surface area contributed by atoms with Gasteiger partial charge in [0, 0.05) is 10.2 Å². The molecule has 7 nitrogen and oxygen atoms in total. The fourth-order valence-corrected chi connectivity index (χ4v) is 5.10. The molecule has 1 saturated carbocycles. The highest BCUT2D eigenvalue weighted by Crippen LogP contribution is 2.43. The van der Waals surface area contributed by atoms with E-state index in [0.717, 1.165) is 4.90 Å². The SMILES string of the molecule is O=C(COC(=O)c1ccc(N2C(=O)[C@H]3C[C@H](Cl)[C@@H](Cl)C[C@H]3C2=O)cc1)Nc1ccc(Br)c(Cl)c1. The van der Waals surface area contributed by atoms with Gasteiger partial charge in [-0.05, 0) is 71.2 Å². The van der Waals surface area contributed by atoms with E-state index in [9.17, 15) is 19.2 Å². The Balaban J connectivity index is 1.36. The minimum atomic E-state index is -0.724. The largest absolute Gasteiger partial charge is 0.452 e. The molecule has 0 bridgehead atoms. The molecule has 1 heterocycles. The van der Waals surface area contributed by atoms with Crippen molar-refractivity contribution in [3.8, 4) is 0 Å². The molecule has 4 rings (SSSR count). The fourth-order valence-electron chi connectivity index (χ4n) is 4.08. The van der Waals surface area contributed by atoms with Crippen LogP contribution in [0, 0.1) is 11.8 Å². The maximum atomic E-state index is 12.8. The second-order valence-electron chi connectivity index (χ2n) is 8.03. The molecule has 1 N–H and O–H groups in total. The number of imide groups is 1. The van der Waals surface area contributed by atoms with Crippen molar-refractivity contribution in [2.45, 2.75) is 23.6 Å². The fraction of sp³-hybridized carbons (Fsp3) is 0.304. The summed E-state index contributed by atoms with van der Waals surface area (Å²) in [7, 11) is 0. The lowest BCUT2D eigenvalue weighted by molar-refractivity contribution is -0.122. The monoisotopic (exact) mass is 586 g/mol. The number of anilines is 2. The van der Waals surface area contributed by atoms with E-state index in [4.69, 9.17) is 39.5 Å². The first-order chi connectivity index (χ1) is 16.2. The summed E-state index contributed by atoms with van der Waals surface area (Å²) in [6.45, 7) is -0.500. The highest BCUT2D eigenvalue weighted by atomic mass is 79.9. The number of esters is 1. The lowest BCUT2D eigenvalue weighted by atomic mass is 9.80. The van der Waals surface area contributed by atoms with Gasteiger partial charge in [-0.2, -0.15) is 0 Å². The minimum absolute atomic E-state index is 0.168. The number of rotatable bonds is 5. The van der Waals surface area contributed by atoms with Gasteiger partial charge < -0.3 is 10.1 Å². The number of ether oxygens (including phenoxy) is 1. The standard InChI is InChI=1S/C23H18BrCl3N2O5/c24-16-6-3-12(7-17(16)25)28-20(30)10-34-23(33)11-1-4-13(5-2-11)29-21(31)14-8-18(26)19(27)9-15(14)22(29)32/h1-7,14-15,18-19H,8-10H2,(H,28,30)/t14-,15+,18-,19-/m0/s1. The number of nitrogens with one attached hydrogen (secondary N) is 1. The van der Waals surface area contributed by atoms with Crippen molar-refractivity contribution in [2.24, 2.45) is 11.8 Å². The third-order valence-corrected chi connectivity index (χ3v) is 8.14. The number of fused-ring (bicyclic) bond motifs is 1. The Kier molecular flexibility index (Phi) is 7.52. The van der Waals surface area contributed by atoms with Gasteiger partial charge >= 0.3 is 5.97 Å². The van der Waals surface area contributed by atoms with Crippen molar-refractivity contribution in [1.29, 1.82) is 0 Å². The van der Waals surface area contributed by atoms with Gasteiger partial charge in [0.05, 0.1) is 38.9 Å². The summed E-state index contributed by atoms with van der Waals surface area (Å²) in [6.07, 6.45) is 0.695. The summed E-state index contributed by atoms with van der Waals surface area (Å²) >= 11 is 21.7. The summed E-state index contributed by atoms with van der Waals surface area (Å²) < 4.78 is 5.74. The number of halogens is 4. The molecule has 11 heteroatoms. The zero-order chi connectivity index (χ0) is 24.6. The number of amides is 3. The molecule has 3 amide bonds. The van der Waals surface area contributed by atoms with Gasteiger partial charge in [0.1, 0.15) is 0 Å². The third kappa shape index (κ3) is 5.10. The Hall–Kier alpha value is -2.13. The summed E-state index contributed by atoms with van der Waals surface area (Å²) in [4.78, 5) is 51.2. The van der Waals surface area contributed by atoms with Crippen LogP contribution in [0.3, 0.4) is 0 Å². The van der Waals surface area contributed by atoms with E-state index in [1.54, 1.807) is 18.2 Å². The minimum Gasteiger partial charge on any atom is -0.452 e. The first-order valence-electron chi connectivity index (χ1n) is 10.3. The van der Waals surface area contributed by atoms with Crippen LogP contribution in [-0.2, 0) is 19.1 Å². The Morgan fingerprint density at radius 2 is 1.59 bits per heavy atom. The number of nitrogens with zero attached hydrogens (tertiary/aromatic N) is 1. The molecule has 4 atom stereocenters. The summed E-state index contributed by atoms with van der Waals surface area (Å²) in [5, 5.41) is 2.27. The Morgan fingerprint density at radius 1 is 1.00 bits per heavy atom. The third-order valence-electron chi connectivity index (χ3n) is 5.81. The number of hydrogen-bond donors (Lipinski definition) is 1. The number of carbonyl (C=O) groups is 4. The second kappa shape index (κ2) is 10.2. The Bertz CT molecular complexity index is 1130. The van der Waals surface area contributed by atoms with Crippen LogP contribution >= 0.6 is 50.7 Å². The average Bonchev–Trinajstić information content (AvgIpc) is 3.04. The van der Waals surface area contributed by atoms with E-state index in [1.807, 2.05) is 0 Å². The first kappa shape index (κ1) is 25.0. The summed E-state index contributed by atoms with van der Waals surface area (Å²) in [5.41, 5.74) is 0.976. The van der Waals surface area contributed by atoms with Crippen LogP contribution in [0.2, 0.25) is 5.02 Å². The predicted molar refractivity (Wildman–Crippen MR) is 132 cm³/mol. The molecule has 1 aliphatic carbocycles. The van der Waals surface area contributed by atoms with E-state index in [-0.39, 0.29) is 28.1 Å². The van der Waals surface area contributed by atoms with Crippen molar-refractivity contribution in [3.05, 3.63) is 57.5 Å². The molecule has 2 fully saturated rings. The molecular weight excluding hydrogens is 571 g/mol. The molecule has 0 unspecified atom stereocenters. The summed E-state index contributed by atoms with van der Waals surface area (Å²) in [5.74, 6) is -2.87. The van der Waals surface area contributed by atoms with E-state index < -0.39 is 30.3 Å². The topological polar surface area (TPSA) is 92.8 Å². The average molecular weight is 589 g/mol. The van der Waals surface area contributed by atoms with Gasteiger partial charge in [-0.15, -0.1) is 23.2 Å². The highest BCUT2D eigenvalue weighted by molar-refractivity contribution is 9.10. The van der Waals surface area contributed by atoms with Crippen molar-refractivity contribution >= 4 is 85.8 Å². The molecule has 178 valence electrons. The number of benzene rings is 2.